The molecule has 0 fully saturated rings. The zero-order chi connectivity index (χ0) is 19.7. The van der Waals surface area contributed by atoms with Crippen LogP contribution in [0, 0.1) is 12.1 Å². The first-order chi connectivity index (χ1) is 13.5. The Morgan fingerprint density at radius 3 is 2.82 bits per heavy atom. The lowest BCUT2D eigenvalue weighted by atomic mass is 9.98. The summed E-state index contributed by atoms with van der Waals surface area (Å²) >= 11 is 6.01. The van der Waals surface area contributed by atoms with E-state index < -0.39 is 0 Å². The Morgan fingerprint density at radius 1 is 1.29 bits per heavy atom. The second-order valence-electron chi connectivity index (χ2n) is 6.91. The monoisotopic (exact) mass is 394 g/mol. The molecule has 0 aliphatic carbocycles. The third-order valence-electron chi connectivity index (χ3n) is 4.73. The highest BCUT2D eigenvalue weighted by Gasteiger charge is 2.27. The van der Waals surface area contributed by atoms with Crippen molar-refractivity contribution < 1.29 is 14.3 Å². The number of ether oxygens (including phenoxy) is 1. The first-order valence-electron chi connectivity index (χ1n) is 9.03. The molecule has 142 valence electrons. The Morgan fingerprint density at radius 2 is 2.07 bits per heavy atom. The van der Waals surface area contributed by atoms with Gasteiger partial charge in [-0.3, -0.25) is 4.79 Å². The Bertz CT molecular complexity index is 1030. The number of nitrogens with zero attached hydrogens (tertiary/aromatic N) is 1. The molecule has 1 aliphatic heterocycles. The summed E-state index contributed by atoms with van der Waals surface area (Å²) in [5, 5.41) is 14.9. The molecule has 1 atom stereocenters. The number of carbonyl (C=O) groups excluding carboxylic acids is 1. The topological polar surface area (TPSA) is 65.3 Å². The normalized spacial score (nSPS) is 15.0. The Kier molecular flexibility index (Phi) is 4.92. The lowest BCUT2D eigenvalue weighted by molar-refractivity contribution is -0.605. The summed E-state index contributed by atoms with van der Waals surface area (Å²) in [6.07, 6.45) is 3.15. The molecular weight excluding hydrogens is 376 g/mol. The Balaban J connectivity index is 1.50. The lowest BCUT2D eigenvalue weighted by Gasteiger charge is -2.14. The third-order valence-corrected chi connectivity index (χ3v) is 4.98. The van der Waals surface area contributed by atoms with Crippen LogP contribution in [0.2, 0.25) is 5.02 Å². The predicted molar refractivity (Wildman–Crippen MR) is 107 cm³/mol. The second kappa shape index (κ2) is 7.52. The van der Waals surface area contributed by atoms with E-state index in [9.17, 15) is 10.0 Å². The molecule has 1 N–H and O–H groups in total. The summed E-state index contributed by atoms with van der Waals surface area (Å²) in [5.74, 6) is 0.558. The molecule has 6 heteroatoms. The van der Waals surface area contributed by atoms with Gasteiger partial charge in [-0.1, -0.05) is 29.8 Å². The summed E-state index contributed by atoms with van der Waals surface area (Å²) in [4.78, 5) is 12.3. The largest absolute Gasteiger partial charge is 0.619 e. The van der Waals surface area contributed by atoms with Crippen LogP contribution in [0.1, 0.15) is 21.5 Å². The molecule has 2 aromatic carbocycles. The minimum absolute atomic E-state index is 0.158. The minimum atomic E-state index is -0.293. The highest BCUT2D eigenvalue weighted by Crippen LogP contribution is 2.40. The van der Waals surface area contributed by atoms with Gasteiger partial charge in [-0.25, -0.2) is 0 Å². The third kappa shape index (κ3) is 3.80. The number of halogens is 1. The van der Waals surface area contributed by atoms with Crippen LogP contribution in [0.25, 0.3) is 11.1 Å². The van der Waals surface area contributed by atoms with E-state index in [0.717, 1.165) is 28.0 Å². The molecule has 0 bridgehead atoms. The summed E-state index contributed by atoms with van der Waals surface area (Å²) in [5.41, 5.74) is 4.67. The van der Waals surface area contributed by atoms with Gasteiger partial charge in [0.1, 0.15) is 17.4 Å². The van der Waals surface area contributed by atoms with Crippen molar-refractivity contribution in [3.8, 4) is 16.9 Å². The summed E-state index contributed by atoms with van der Waals surface area (Å²) in [7, 11) is 0. The van der Waals surface area contributed by atoms with E-state index >= 15 is 0 Å². The molecule has 1 unspecified atom stereocenters. The van der Waals surface area contributed by atoms with Crippen molar-refractivity contribution in [1.29, 1.82) is 0 Å². The molecule has 28 heavy (non-hydrogen) atoms. The average molecular weight is 395 g/mol. The quantitative estimate of drug-likeness (QED) is 0.542. The molecular formula is C22H19ClN2O3. The molecule has 5 nitrogen and oxygen atoms in total. The maximum absolute atomic E-state index is 12.3. The number of carbonyl (C=O) groups is 1. The van der Waals surface area contributed by atoms with Crippen LogP contribution in [0.5, 0.6) is 5.75 Å². The average Bonchev–Trinajstić information content (AvgIpc) is 3.09. The number of benzene rings is 2. The van der Waals surface area contributed by atoms with Crippen LogP contribution in [0.4, 0.5) is 0 Å². The SMILES string of the molecule is Cc1cc2c(c(-c3ccc(Cl)cc3)c1)OC(CNC(=O)c1ccc[n+]([O-])c1)C2. The maximum Gasteiger partial charge on any atom is 0.257 e. The number of fused-ring (bicyclic) bond motifs is 1. The Labute approximate surface area is 168 Å². The molecule has 1 aromatic heterocycles. The molecule has 0 radical (unpaired) electrons. The number of amides is 1. The van der Waals surface area contributed by atoms with Crippen LogP contribution >= 0.6 is 11.6 Å². The van der Waals surface area contributed by atoms with Crippen molar-refractivity contribution in [3.63, 3.8) is 0 Å². The highest BCUT2D eigenvalue weighted by atomic mass is 35.5. The zero-order valence-electron chi connectivity index (χ0n) is 15.3. The van der Waals surface area contributed by atoms with Gasteiger partial charge in [0.2, 0.25) is 0 Å². The summed E-state index contributed by atoms with van der Waals surface area (Å²) in [6, 6.07) is 15.0. The summed E-state index contributed by atoms with van der Waals surface area (Å²) < 4.78 is 6.78. The first kappa shape index (κ1) is 18.3. The highest BCUT2D eigenvalue weighted by molar-refractivity contribution is 6.30. The zero-order valence-corrected chi connectivity index (χ0v) is 16.1. The van der Waals surface area contributed by atoms with Crippen LogP contribution in [-0.2, 0) is 6.42 Å². The van der Waals surface area contributed by atoms with E-state index in [1.54, 1.807) is 12.1 Å². The first-order valence-corrected chi connectivity index (χ1v) is 9.40. The van der Waals surface area contributed by atoms with Crippen molar-refractivity contribution in [2.75, 3.05) is 6.54 Å². The standard InChI is InChI=1S/C22H19ClN2O3/c1-14-9-17-11-19(12-24-22(26)16-3-2-8-25(27)13-16)28-21(17)20(10-14)15-4-6-18(23)7-5-15/h2-10,13,19H,11-12H2,1H3,(H,24,26). The number of aryl methyl sites for hydroxylation is 1. The van der Waals surface area contributed by atoms with E-state index in [0.29, 0.717) is 28.3 Å². The van der Waals surface area contributed by atoms with Crippen LogP contribution < -0.4 is 14.8 Å². The molecule has 0 saturated heterocycles. The number of rotatable bonds is 4. The van der Waals surface area contributed by atoms with E-state index in [1.165, 1.54) is 12.4 Å². The van der Waals surface area contributed by atoms with Crippen molar-refractivity contribution in [2.24, 2.45) is 0 Å². The number of nitrogens with one attached hydrogen (secondary N) is 1. The van der Waals surface area contributed by atoms with Crippen molar-refractivity contribution >= 4 is 17.5 Å². The van der Waals surface area contributed by atoms with Gasteiger partial charge in [-0.05, 0) is 47.9 Å². The van der Waals surface area contributed by atoms with E-state index in [4.69, 9.17) is 16.3 Å². The van der Waals surface area contributed by atoms with Gasteiger partial charge in [0.25, 0.3) is 5.91 Å². The van der Waals surface area contributed by atoms with Crippen molar-refractivity contribution in [2.45, 2.75) is 19.4 Å². The molecule has 1 aliphatic rings. The smallest absolute Gasteiger partial charge is 0.257 e. The van der Waals surface area contributed by atoms with E-state index in [-0.39, 0.29) is 12.0 Å². The molecule has 4 rings (SSSR count). The van der Waals surface area contributed by atoms with Crippen molar-refractivity contribution in [1.82, 2.24) is 5.32 Å². The van der Waals surface area contributed by atoms with Gasteiger partial charge in [-0.15, -0.1) is 0 Å². The number of hydrogen-bond donors (Lipinski definition) is 1. The fraction of sp³-hybridized carbons (Fsp3) is 0.182. The van der Waals surface area contributed by atoms with Crippen LogP contribution in [-0.4, -0.2) is 18.6 Å². The van der Waals surface area contributed by atoms with Gasteiger partial charge in [-0.2, -0.15) is 4.73 Å². The maximum atomic E-state index is 12.3. The van der Waals surface area contributed by atoms with E-state index in [2.05, 4.69) is 24.4 Å². The fourth-order valence-electron chi connectivity index (χ4n) is 3.45. The molecule has 3 aromatic rings. The number of hydrogen-bond acceptors (Lipinski definition) is 3. The predicted octanol–water partition coefficient (Wildman–Crippen LogP) is 3.68. The summed E-state index contributed by atoms with van der Waals surface area (Å²) in [6.45, 7) is 2.42. The van der Waals surface area contributed by atoms with E-state index in [1.807, 2.05) is 24.3 Å². The number of pyridine rings is 1. The number of aromatic nitrogens is 1. The van der Waals surface area contributed by atoms with Gasteiger partial charge in [0, 0.05) is 23.1 Å². The molecule has 1 amide bonds. The Hall–Kier alpha value is -3.05. The molecule has 0 spiro atoms. The van der Waals surface area contributed by atoms with Crippen LogP contribution in [0.3, 0.4) is 0 Å². The van der Waals surface area contributed by atoms with Gasteiger partial charge < -0.3 is 15.3 Å². The lowest BCUT2D eigenvalue weighted by Crippen LogP contribution is -2.36. The molecule has 2 heterocycles. The van der Waals surface area contributed by atoms with Crippen molar-refractivity contribution in [3.05, 3.63) is 87.8 Å². The molecule has 0 saturated carbocycles. The van der Waals surface area contributed by atoms with Gasteiger partial charge in [0.15, 0.2) is 12.4 Å². The van der Waals surface area contributed by atoms with Crippen LogP contribution in [0.15, 0.2) is 60.9 Å². The van der Waals surface area contributed by atoms with Gasteiger partial charge in [0.05, 0.1) is 6.54 Å². The fourth-order valence-corrected chi connectivity index (χ4v) is 3.57. The second-order valence-corrected chi connectivity index (χ2v) is 7.35. The minimum Gasteiger partial charge on any atom is -0.619 e. The van der Waals surface area contributed by atoms with Gasteiger partial charge >= 0.3 is 0 Å².